The first-order valence-electron chi connectivity index (χ1n) is 6.87. The van der Waals surface area contributed by atoms with Crippen LogP contribution >= 0.6 is 0 Å². The third-order valence-electron chi connectivity index (χ3n) is 3.21. The molecule has 0 spiro atoms. The molecule has 1 aromatic carbocycles. The topological polar surface area (TPSA) is 72.8 Å². The Balaban J connectivity index is 1.64. The maximum absolute atomic E-state index is 12.1. The van der Waals surface area contributed by atoms with Crippen LogP contribution in [0.1, 0.15) is 12.5 Å². The summed E-state index contributed by atoms with van der Waals surface area (Å²) in [5.41, 5.74) is 4.00. The van der Waals surface area contributed by atoms with Crippen molar-refractivity contribution in [1.82, 2.24) is 10.4 Å². The zero-order valence-corrected chi connectivity index (χ0v) is 12.0. The number of amides is 1. The number of hydrogen-bond acceptors (Lipinski definition) is 5. The predicted octanol–water partition coefficient (Wildman–Crippen LogP) is 1.76. The van der Waals surface area contributed by atoms with E-state index >= 15 is 0 Å². The summed E-state index contributed by atoms with van der Waals surface area (Å²) in [7, 11) is 0. The number of hydrazone groups is 1. The maximum Gasteiger partial charge on any atom is 0.284 e. The number of carbonyl (C=O) groups excluding carboxylic acids is 1. The molecule has 0 aliphatic carbocycles. The van der Waals surface area contributed by atoms with E-state index in [1.54, 1.807) is 31.5 Å². The fraction of sp³-hybridized carbons (Fsp3) is 0.188. The number of ether oxygens (including phenoxy) is 2. The van der Waals surface area contributed by atoms with E-state index in [1.165, 1.54) is 0 Å². The van der Waals surface area contributed by atoms with Gasteiger partial charge in [0, 0.05) is 18.0 Å². The molecule has 1 amide bonds. The van der Waals surface area contributed by atoms with Gasteiger partial charge in [0.2, 0.25) is 6.10 Å². The summed E-state index contributed by atoms with van der Waals surface area (Å²) in [5, 5.41) is 4.07. The Labute approximate surface area is 127 Å². The largest absolute Gasteiger partial charge is 0.485 e. The molecule has 1 aromatic heterocycles. The number of rotatable bonds is 3. The van der Waals surface area contributed by atoms with E-state index in [2.05, 4.69) is 15.5 Å². The summed E-state index contributed by atoms with van der Waals surface area (Å²) >= 11 is 0. The van der Waals surface area contributed by atoms with Crippen LogP contribution in [-0.2, 0) is 4.79 Å². The molecule has 1 N–H and O–H groups in total. The number of aromatic nitrogens is 1. The number of carbonyl (C=O) groups is 1. The van der Waals surface area contributed by atoms with E-state index in [9.17, 15) is 4.79 Å². The zero-order chi connectivity index (χ0) is 15.4. The predicted molar refractivity (Wildman–Crippen MR) is 80.9 cm³/mol. The first-order valence-corrected chi connectivity index (χ1v) is 6.87. The first kappa shape index (κ1) is 14.1. The summed E-state index contributed by atoms with van der Waals surface area (Å²) in [6.45, 7) is 1.95. The van der Waals surface area contributed by atoms with Crippen LogP contribution in [0.25, 0.3) is 0 Å². The lowest BCUT2D eigenvalue weighted by Gasteiger charge is -2.24. The van der Waals surface area contributed by atoms with Gasteiger partial charge < -0.3 is 9.47 Å². The van der Waals surface area contributed by atoms with Gasteiger partial charge in [-0.05, 0) is 25.1 Å². The second-order valence-electron chi connectivity index (χ2n) is 4.78. The lowest BCUT2D eigenvalue weighted by atomic mass is 10.2. The molecule has 1 aliphatic rings. The summed E-state index contributed by atoms with van der Waals surface area (Å²) in [5.74, 6) is 0.848. The minimum Gasteiger partial charge on any atom is -0.485 e. The van der Waals surface area contributed by atoms with E-state index in [1.807, 2.05) is 24.3 Å². The van der Waals surface area contributed by atoms with Crippen molar-refractivity contribution < 1.29 is 14.3 Å². The smallest absolute Gasteiger partial charge is 0.284 e. The minimum atomic E-state index is -0.722. The molecule has 0 fully saturated rings. The molecule has 22 heavy (non-hydrogen) atoms. The molecule has 6 nitrogen and oxygen atoms in total. The van der Waals surface area contributed by atoms with Crippen LogP contribution in [0, 0.1) is 0 Å². The van der Waals surface area contributed by atoms with E-state index in [4.69, 9.17) is 9.47 Å². The molecular formula is C16H15N3O3. The molecule has 0 saturated heterocycles. The summed E-state index contributed by atoms with van der Waals surface area (Å²) in [4.78, 5) is 16.1. The lowest BCUT2D eigenvalue weighted by molar-refractivity contribution is -0.130. The van der Waals surface area contributed by atoms with Gasteiger partial charge in [-0.15, -0.1) is 0 Å². The molecule has 1 aliphatic heterocycles. The first-order chi connectivity index (χ1) is 10.7. The SMILES string of the molecule is C/C(=N/NC(=O)C1COc2ccccc2O1)c1cccnc1. The zero-order valence-electron chi connectivity index (χ0n) is 12.0. The Kier molecular flexibility index (Phi) is 4.00. The quantitative estimate of drug-likeness (QED) is 0.692. The standard InChI is InChI=1S/C16H15N3O3/c1-11(12-5-4-8-17-9-12)18-19-16(20)15-10-21-13-6-2-3-7-14(13)22-15/h2-9,15H,10H2,1H3,(H,19,20)/b18-11-. The van der Waals surface area contributed by atoms with Crippen molar-refractivity contribution in [2.24, 2.45) is 5.10 Å². The van der Waals surface area contributed by atoms with Gasteiger partial charge in [-0.2, -0.15) is 5.10 Å². The highest BCUT2D eigenvalue weighted by molar-refractivity contribution is 5.99. The van der Waals surface area contributed by atoms with Gasteiger partial charge in [-0.3, -0.25) is 9.78 Å². The van der Waals surface area contributed by atoms with E-state index < -0.39 is 6.10 Å². The lowest BCUT2D eigenvalue weighted by Crippen LogP contribution is -2.42. The van der Waals surface area contributed by atoms with Gasteiger partial charge in [-0.1, -0.05) is 18.2 Å². The molecule has 112 valence electrons. The van der Waals surface area contributed by atoms with Gasteiger partial charge in [0.05, 0.1) is 5.71 Å². The van der Waals surface area contributed by atoms with Crippen molar-refractivity contribution in [2.45, 2.75) is 13.0 Å². The van der Waals surface area contributed by atoms with Crippen molar-refractivity contribution in [3.63, 3.8) is 0 Å². The molecule has 0 bridgehead atoms. The highest BCUT2D eigenvalue weighted by atomic mass is 16.6. The number of benzene rings is 1. The molecule has 6 heteroatoms. The number of nitrogens with one attached hydrogen (secondary N) is 1. The molecule has 1 unspecified atom stereocenters. The average molecular weight is 297 g/mol. The molecule has 3 rings (SSSR count). The van der Waals surface area contributed by atoms with Gasteiger partial charge in [0.25, 0.3) is 5.91 Å². The summed E-state index contributed by atoms with van der Waals surface area (Å²) in [6.07, 6.45) is 2.64. The van der Waals surface area contributed by atoms with Crippen molar-refractivity contribution >= 4 is 11.6 Å². The highest BCUT2D eigenvalue weighted by Gasteiger charge is 2.27. The highest BCUT2D eigenvalue weighted by Crippen LogP contribution is 2.30. The molecule has 0 saturated carbocycles. The van der Waals surface area contributed by atoms with Gasteiger partial charge in [-0.25, -0.2) is 5.43 Å². The van der Waals surface area contributed by atoms with Crippen molar-refractivity contribution in [1.29, 1.82) is 0 Å². The van der Waals surface area contributed by atoms with Crippen LogP contribution in [0.5, 0.6) is 11.5 Å². The van der Waals surface area contributed by atoms with Crippen LogP contribution in [0.2, 0.25) is 0 Å². The Bertz CT molecular complexity index is 701. The van der Waals surface area contributed by atoms with E-state index in [0.717, 1.165) is 5.56 Å². The Morgan fingerprint density at radius 2 is 2.09 bits per heavy atom. The maximum atomic E-state index is 12.1. The molecule has 2 aromatic rings. The van der Waals surface area contributed by atoms with E-state index in [0.29, 0.717) is 17.2 Å². The van der Waals surface area contributed by atoms with Crippen LogP contribution in [-0.4, -0.2) is 29.3 Å². The third-order valence-corrected chi connectivity index (χ3v) is 3.21. The number of para-hydroxylation sites is 2. The number of hydrogen-bond donors (Lipinski definition) is 1. The Morgan fingerprint density at radius 3 is 2.86 bits per heavy atom. The minimum absolute atomic E-state index is 0.157. The van der Waals surface area contributed by atoms with Crippen LogP contribution in [0.3, 0.4) is 0 Å². The fourth-order valence-corrected chi connectivity index (χ4v) is 2.00. The van der Waals surface area contributed by atoms with E-state index in [-0.39, 0.29) is 12.5 Å². The number of nitrogens with zero attached hydrogens (tertiary/aromatic N) is 2. The number of pyridine rings is 1. The Morgan fingerprint density at radius 1 is 1.27 bits per heavy atom. The molecule has 2 heterocycles. The summed E-state index contributed by atoms with van der Waals surface area (Å²) < 4.78 is 11.1. The van der Waals surface area contributed by atoms with Gasteiger partial charge >= 0.3 is 0 Å². The summed E-state index contributed by atoms with van der Waals surface area (Å²) in [6, 6.07) is 10.9. The Hall–Kier alpha value is -2.89. The number of fused-ring (bicyclic) bond motifs is 1. The van der Waals surface area contributed by atoms with Crippen LogP contribution < -0.4 is 14.9 Å². The molecular weight excluding hydrogens is 282 g/mol. The average Bonchev–Trinajstić information content (AvgIpc) is 2.59. The van der Waals surface area contributed by atoms with Crippen molar-refractivity contribution in [3.05, 3.63) is 54.4 Å². The monoisotopic (exact) mass is 297 g/mol. The second-order valence-corrected chi connectivity index (χ2v) is 4.78. The van der Waals surface area contributed by atoms with Gasteiger partial charge in [0.15, 0.2) is 11.5 Å². The van der Waals surface area contributed by atoms with Crippen molar-refractivity contribution in [3.8, 4) is 11.5 Å². The van der Waals surface area contributed by atoms with Crippen molar-refractivity contribution in [2.75, 3.05) is 6.61 Å². The third kappa shape index (κ3) is 3.06. The normalized spacial score (nSPS) is 17.0. The fourth-order valence-electron chi connectivity index (χ4n) is 2.00. The van der Waals surface area contributed by atoms with Crippen LogP contribution in [0.4, 0.5) is 0 Å². The molecule has 1 atom stereocenters. The second kappa shape index (κ2) is 6.26. The van der Waals surface area contributed by atoms with Crippen LogP contribution in [0.15, 0.2) is 53.9 Å². The molecule has 0 radical (unpaired) electrons. The van der Waals surface area contributed by atoms with Gasteiger partial charge in [0.1, 0.15) is 6.61 Å².